The molecule has 1 N–H and O–H groups in total. The number of likely N-dealkylation sites (tertiary alicyclic amines) is 1. The number of benzene rings is 1. The molecule has 1 aliphatic heterocycles. The van der Waals surface area contributed by atoms with Gasteiger partial charge in [-0.1, -0.05) is 30.7 Å². The van der Waals surface area contributed by atoms with Crippen molar-refractivity contribution in [1.29, 1.82) is 0 Å². The van der Waals surface area contributed by atoms with Crippen molar-refractivity contribution >= 4 is 23.2 Å². The highest BCUT2D eigenvalue weighted by atomic mass is 35.5. The number of hydrogen-bond donors (Lipinski definition) is 1. The van der Waals surface area contributed by atoms with Crippen LogP contribution in [-0.2, 0) is 4.79 Å². The number of nitrogens with zero attached hydrogens (tertiary/aromatic N) is 1. The molecule has 1 atom stereocenters. The van der Waals surface area contributed by atoms with Gasteiger partial charge in [0.25, 0.3) is 0 Å². The van der Waals surface area contributed by atoms with E-state index in [1.54, 1.807) is 6.07 Å². The Labute approximate surface area is 119 Å². The summed E-state index contributed by atoms with van der Waals surface area (Å²) in [5.41, 5.74) is 0.686. The average Bonchev–Trinajstić information content (AvgIpc) is 2.41. The van der Waals surface area contributed by atoms with Crippen LogP contribution in [0.25, 0.3) is 0 Å². The van der Waals surface area contributed by atoms with E-state index in [4.69, 9.17) is 11.6 Å². The fourth-order valence-corrected chi connectivity index (χ4v) is 2.56. The molecule has 0 radical (unpaired) electrons. The average molecular weight is 281 g/mol. The summed E-state index contributed by atoms with van der Waals surface area (Å²) in [6.45, 7) is 6.23. The Balaban J connectivity index is 1.94. The molecule has 0 aromatic heterocycles. The van der Waals surface area contributed by atoms with Gasteiger partial charge in [0, 0.05) is 0 Å². The third kappa shape index (κ3) is 3.71. The number of halogens is 1. The van der Waals surface area contributed by atoms with Crippen LogP contribution in [0.5, 0.6) is 0 Å². The lowest BCUT2D eigenvalue weighted by Crippen LogP contribution is -2.45. The normalized spacial score (nSPS) is 19.1. The molecule has 19 heavy (non-hydrogen) atoms. The van der Waals surface area contributed by atoms with E-state index in [9.17, 15) is 4.79 Å². The number of para-hydroxylation sites is 1. The number of piperidine rings is 1. The summed E-state index contributed by atoms with van der Waals surface area (Å²) in [5, 5.41) is 3.48. The maximum absolute atomic E-state index is 12.2. The molecule has 0 bridgehead atoms. The molecule has 1 aromatic rings. The molecule has 0 spiro atoms. The van der Waals surface area contributed by atoms with Gasteiger partial charge in [-0.2, -0.15) is 0 Å². The van der Waals surface area contributed by atoms with Gasteiger partial charge in [-0.05, 0) is 50.9 Å². The Morgan fingerprint density at radius 3 is 2.63 bits per heavy atom. The van der Waals surface area contributed by atoms with E-state index in [1.165, 1.54) is 12.8 Å². The summed E-state index contributed by atoms with van der Waals surface area (Å²) in [5.74, 6) is 0.790. The number of nitrogens with one attached hydrogen (secondary N) is 1. The summed E-state index contributed by atoms with van der Waals surface area (Å²) >= 11 is 6.05. The minimum absolute atomic E-state index is 0.0163. The minimum Gasteiger partial charge on any atom is -0.323 e. The molecule has 3 nitrogen and oxygen atoms in total. The quantitative estimate of drug-likeness (QED) is 0.920. The van der Waals surface area contributed by atoms with Gasteiger partial charge in [-0.15, -0.1) is 0 Å². The van der Waals surface area contributed by atoms with Crippen molar-refractivity contribution in [3.05, 3.63) is 29.3 Å². The number of hydrogen-bond acceptors (Lipinski definition) is 2. The van der Waals surface area contributed by atoms with Gasteiger partial charge in [0.05, 0.1) is 16.8 Å². The first-order valence-electron chi connectivity index (χ1n) is 6.87. The van der Waals surface area contributed by atoms with Gasteiger partial charge in [0.2, 0.25) is 5.91 Å². The van der Waals surface area contributed by atoms with Crippen LogP contribution in [0.1, 0.15) is 26.7 Å². The Hall–Kier alpha value is -1.06. The Bertz CT molecular complexity index is 442. The first kappa shape index (κ1) is 14.4. The monoisotopic (exact) mass is 280 g/mol. The summed E-state index contributed by atoms with van der Waals surface area (Å²) in [7, 11) is 0. The Morgan fingerprint density at radius 2 is 2.00 bits per heavy atom. The molecule has 0 aliphatic carbocycles. The van der Waals surface area contributed by atoms with Gasteiger partial charge < -0.3 is 5.32 Å². The molecule has 0 saturated carbocycles. The maximum atomic E-state index is 12.2. The summed E-state index contributed by atoms with van der Waals surface area (Å²) in [4.78, 5) is 14.5. The van der Waals surface area contributed by atoms with Crippen LogP contribution in [0.15, 0.2) is 24.3 Å². The smallest absolute Gasteiger partial charge is 0.241 e. The number of carbonyl (C=O) groups is 1. The third-order valence-electron chi connectivity index (χ3n) is 3.88. The molecule has 1 saturated heterocycles. The molecule has 2 rings (SSSR count). The van der Waals surface area contributed by atoms with Crippen LogP contribution in [0, 0.1) is 5.92 Å². The highest BCUT2D eigenvalue weighted by Crippen LogP contribution is 2.22. The van der Waals surface area contributed by atoms with Gasteiger partial charge >= 0.3 is 0 Å². The molecule has 104 valence electrons. The molecule has 1 aliphatic rings. The lowest BCUT2D eigenvalue weighted by atomic mass is 9.98. The van der Waals surface area contributed by atoms with Crippen LogP contribution in [0.2, 0.25) is 5.02 Å². The zero-order chi connectivity index (χ0) is 13.8. The van der Waals surface area contributed by atoms with Gasteiger partial charge in [0.15, 0.2) is 0 Å². The van der Waals surface area contributed by atoms with Crippen LogP contribution in [-0.4, -0.2) is 29.9 Å². The van der Waals surface area contributed by atoms with Crippen molar-refractivity contribution in [2.45, 2.75) is 32.7 Å². The van der Waals surface area contributed by atoms with Gasteiger partial charge in [-0.3, -0.25) is 9.69 Å². The van der Waals surface area contributed by atoms with Gasteiger partial charge in [0.1, 0.15) is 0 Å². The molecule has 1 amide bonds. The summed E-state index contributed by atoms with van der Waals surface area (Å²) in [6, 6.07) is 7.22. The van der Waals surface area contributed by atoms with E-state index in [0.29, 0.717) is 10.7 Å². The highest BCUT2D eigenvalue weighted by molar-refractivity contribution is 6.33. The van der Waals surface area contributed by atoms with Crippen molar-refractivity contribution in [2.75, 3.05) is 18.4 Å². The molecule has 4 heteroatoms. The third-order valence-corrected chi connectivity index (χ3v) is 4.21. The molecule has 0 unspecified atom stereocenters. The second kappa shape index (κ2) is 6.40. The van der Waals surface area contributed by atoms with Crippen molar-refractivity contribution < 1.29 is 4.79 Å². The van der Waals surface area contributed by atoms with Crippen LogP contribution in [0.4, 0.5) is 5.69 Å². The largest absolute Gasteiger partial charge is 0.323 e. The SMILES string of the molecule is CC1CCN([C@@H](C)C(=O)Nc2ccccc2Cl)CC1. The number of anilines is 1. The summed E-state index contributed by atoms with van der Waals surface area (Å²) in [6.07, 6.45) is 2.34. The lowest BCUT2D eigenvalue weighted by Gasteiger charge is -2.34. The lowest BCUT2D eigenvalue weighted by molar-refractivity contribution is -0.121. The van der Waals surface area contributed by atoms with Crippen LogP contribution < -0.4 is 5.32 Å². The second-order valence-electron chi connectivity index (χ2n) is 5.36. The zero-order valence-corrected chi connectivity index (χ0v) is 12.3. The molecular formula is C15H21ClN2O. The van der Waals surface area contributed by atoms with Crippen molar-refractivity contribution in [3.8, 4) is 0 Å². The van der Waals surface area contributed by atoms with E-state index < -0.39 is 0 Å². The zero-order valence-electron chi connectivity index (χ0n) is 11.5. The maximum Gasteiger partial charge on any atom is 0.241 e. The van der Waals surface area contributed by atoms with Crippen molar-refractivity contribution in [1.82, 2.24) is 4.90 Å². The minimum atomic E-state index is -0.108. The van der Waals surface area contributed by atoms with Crippen LogP contribution in [0.3, 0.4) is 0 Å². The van der Waals surface area contributed by atoms with E-state index in [-0.39, 0.29) is 11.9 Å². The standard InChI is InChI=1S/C15H21ClN2O/c1-11-7-9-18(10-8-11)12(2)15(19)17-14-6-4-3-5-13(14)16/h3-6,11-12H,7-10H2,1-2H3,(H,17,19)/t12-/m0/s1. The fourth-order valence-electron chi connectivity index (χ4n) is 2.38. The fraction of sp³-hybridized carbons (Fsp3) is 0.533. The predicted octanol–water partition coefficient (Wildman–Crippen LogP) is 3.40. The molecular weight excluding hydrogens is 260 g/mol. The van der Waals surface area contributed by atoms with E-state index in [0.717, 1.165) is 19.0 Å². The van der Waals surface area contributed by atoms with Crippen molar-refractivity contribution in [2.24, 2.45) is 5.92 Å². The molecule has 1 fully saturated rings. The second-order valence-corrected chi connectivity index (χ2v) is 5.77. The van der Waals surface area contributed by atoms with Crippen LogP contribution >= 0.6 is 11.6 Å². The van der Waals surface area contributed by atoms with E-state index in [2.05, 4.69) is 17.1 Å². The Kier molecular flexibility index (Phi) is 4.83. The van der Waals surface area contributed by atoms with Gasteiger partial charge in [-0.25, -0.2) is 0 Å². The number of carbonyl (C=O) groups excluding carboxylic acids is 1. The Morgan fingerprint density at radius 1 is 1.37 bits per heavy atom. The number of rotatable bonds is 3. The molecule has 1 aromatic carbocycles. The number of amides is 1. The summed E-state index contributed by atoms with van der Waals surface area (Å²) < 4.78 is 0. The topological polar surface area (TPSA) is 32.3 Å². The molecule has 1 heterocycles. The van der Waals surface area contributed by atoms with E-state index in [1.807, 2.05) is 25.1 Å². The predicted molar refractivity (Wildman–Crippen MR) is 79.5 cm³/mol. The first-order valence-corrected chi connectivity index (χ1v) is 7.25. The van der Waals surface area contributed by atoms with Crippen molar-refractivity contribution in [3.63, 3.8) is 0 Å². The van der Waals surface area contributed by atoms with E-state index >= 15 is 0 Å². The first-order chi connectivity index (χ1) is 9.08. The highest BCUT2D eigenvalue weighted by Gasteiger charge is 2.25.